The van der Waals surface area contributed by atoms with Crippen molar-refractivity contribution in [3.63, 3.8) is 0 Å². The van der Waals surface area contributed by atoms with Gasteiger partial charge in [0.1, 0.15) is 0 Å². The Morgan fingerprint density at radius 2 is 2.25 bits per heavy atom. The summed E-state index contributed by atoms with van der Waals surface area (Å²) in [5, 5.41) is 3.72. The predicted molar refractivity (Wildman–Crippen MR) is 67.2 cm³/mol. The van der Waals surface area contributed by atoms with Crippen molar-refractivity contribution in [2.75, 3.05) is 0 Å². The first-order valence-corrected chi connectivity index (χ1v) is 6.26. The molecule has 16 heavy (non-hydrogen) atoms. The van der Waals surface area contributed by atoms with Crippen molar-refractivity contribution in [2.24, 2.45) is 5.41 Å². The van der Waals surface area contributed by atoms with Gasteiger partial charge in [-0.3, -0.25) is 4.98 Å². The molecule has 0 amide bonds. The first-order chi connectivity index (χ1) is 7.59. The highest BCUT2D eigenvalue weighted by molar-refractivity contribution is 5.08. The molecule has 1 aliphatic rings. The van der Waals surface area contributed by atoms with Crippen LogP contribution in [0.15, 0.2) is 24.4 Å². The Morgan fingerprint density at radius 3 is 2.81 bits per heavy atom. The zero-order valence-electron chi connectivity index (χ0n) is 10.5. The van der Waals surface area contributed by atoms with Crippen LogP contribution in [0.2, 0.25) is 0 Å². The molecule has 1 fully saturated rings. The van der Waals surface area contributed by atoms with Crippen LogP contribution in [0, 0.1) is 5.41 Å². The van der Waals surface area contributed by atoms with E-state index in [1.165, 1.54) is 19.3 Å². The highest BCUT2D eigenvalue weighted by Crippen LogP contribution is 2.38. The van der Waals surface area contributed by atoms with Crippen LogP contribution in [0.3, 0.4) is 0 Å². The van der Waals surface area contributed by atoms with Crippen LogP contribution in [0.1, 0.15) is 51.8 Å². The van der Waals surface area contributed by atoms with Gasteiger partial charge in [-0.2, -0.15) is 0 Å². The second kappa shape index (κ2) is 4.54. The summed E-state index contributed by atoms with van der Waals surface area (Å²) >= 11 is 0. The molecule has 2 atom stereocenters. The average molecular weight is 218 g/mol. The monoisotopic (exact) mass is 218 g/mol. The van der Waals surface area contributed by atoms with E-state index < -0.39 is 0 Å². The smallest absolute Gasteiger partial charge is 0.0570 e. The van der Waals surface area contributed by atoms with Gasteiger partial charge in [-0.1, -0.05) is 26.3 Å². The summed E-state index contributed by atoms with van der Waals surface area (Å²) < 4.78 is 0. The number of nitrogens with zero attached hydrogens (tertiary/aromatic N) is 1. The molecule has 0 radical (unpaired) electrons. The molecular weight excluding hydrogens is 196 g/mol. The van der Waals surface area contributed by atoms with Crippen molar-refractivity contribution in [3.05, 3.63) is 30.1 Å². The molecule has 0 aliphatic heterocycles. The lowest BCUT2D eigenvalue weighted by Crippen LogP contribution is -2.39. The minimum Gasteiger partial charge on any atom is -0.306 e. The molecular formula is C14H22N2. The quantitative estimate of drug-likeness (QED) is 0.842. The molecule has 2 heteroatoms. The first-order valence-electron chi connectivity index (χ1n) is 6.26. The third-order valence-corrected chi connectivity index (χ3v) is 3.84. The molecule has 0 saturated heterocycles. The SMILES string of the molecule is C[C@@H](NC1CCCC1(C)C)c1ccccn1. The summed E-state index contributed by atoms with van der Waals surface area (Å²) in [5.41, 5.74) is 1.58. The summed E-state index contributed by atoms with van der Waals surface area (Å²) in [6, 6.07) is 7.10. The van der Waals surface area contributed by atoms with Gasteiger partial charge in [0, 0.05) is 18.3 Å². The van der Waals surface area contributed by atoms with E-state index in [0.717, 1.165) is 5.69 Å². The van der Waals surface area contributed by atoms with E-state index in [-0.39, 0.29) is 0 Å². The van der Waals surface area contributed by atoms with Gasteiger partial charge in [0.2, 0.25) is 0 Å². The zero-order chi connectivity index (χ0) is 11.6. The fraction of sp³-hybridized carbons (Fsp3) is 0.643. The zero-order valence-corrected chi connectivity index (χ0v) is 10.5. The number of aromatic nitrogens is 1. The second-order valence-corrected chi connectivity index (χ2v) is 5.58. The highest BCUT2D eigenvalue weighted by atomic mass is 15.0. The van der Waals surface area contributed by atoms with Gasteiger partial charge in [-0.25, -0.2) is 0 Å². The molecule has 2 nitrogen and oxygen atoms in total. The van der Waals surface area contributed by atoms with Crippen LogP contribution >= 0.6 is 0 Å². The summed E-state index contributed by atoms with van der Waals surface area (Å²) in [6.45, 7) is 6.93. The number of pyridine rings is 1. The molecule has 1 aliphatic carbocycles. The molecule has 1 aromatic rings. The molecule has 0 aromatic carbocycles. The Balaban J connectivity index is 2.00. The van der Waals surface area contributed by atoms with E-state index in [9.17, 15) is 0 Å². The van der Waals surface area contributed by atoms with Gasteiger partial charge >= 0.3 is 0 Å². The van der Waals surface area contributed by atoms with Crippen molar-refractivity contribution in [1.82, 2.24) is 10.3 Å². The van der Waals surface area contributed by atoms with Crippen molar-refractivity contribution in [3.8, 4) is 0 Å². The van der Waals surface area contributed by atoms with Crippen molar-refractivity contribution in [1.29, 1.82) is 0 Å². The van der Waals surface area contributed by atoms with Gasteiger partial charge in [0.15, 0.2) is 0 Å². The highest BCUT2D eigenvalue weighted by Gasteiger charge is 2.35. The molecule has 1 unspecified atom stereocenters. The molecule has 0 bridgehead atoms. The average Bonchev–Trinajstić information content (AvgIpc) is 2.59. The molecule has 1 N–H and O–H groups in total. The van der Waals surface area contributed by atoms with Gasteiger partial charge < -0.3 is 5.32 Å². The van der Waals surface area contributed by atoms with Crippen LogP contribution < -0.4 is 5.32 Å². The summed E-state index contributed by atoms with van der Waals surface area (Å²) in [4.78, 5) is 4.41. The summed E-state index contributed by atoms with van der Waals surface area (Å²) in [6.07, 6.45) is 5.84. The van der Waals surface area contributed by atoms with Gasteiger partial charge in [0.05, 0.1) is 5.69 Å². The van der Waals surface area contributed by atoms with Gasteiger partial charge in [-0.15, -0.1) is 0 Å². The third kappa shape index (κ3) is 2.43. The third-order valence-electron chi connectivity index (χ3n) is 3.84. The van der Waals surface area contributed by atoms with E-state index in [0.29, 0.717) is 17.5 Å². The molecule has 1 saturated carbocycles. The maximum Gasteiger partial charge on any atom is 0.0570 e. The summed E-state index contributed by atoms with van der Waals surface area (Å²) in [5.74, 6) is 0. The van der Waals surface area contributed by atoms with Crippen molar-refractivity contribution in [2.45, 2.75) is 52.1 Å². The van der Waals surface area contributed by atoms with Crippen molar-refractivity contribution < 1.29 is 0 Å². The fourth-order valence-electron chi connectivity index (χ4n) is 2.65. The van der Waals surface area contributed by atoms with Gasteiger partial charge in [0.25, 0.3) is 0 Å². The summed E-state index contributed by atoms with van der Waals surface area (Å²) in [7, 11) is 0. The second-order valence-electron chi connectivity index (χ2n) is 5.58. The lowest BCUT2D eigenvalue weighted by Gasteiger charge is -2.30. The van der Waals surface area contributed by atoms with E-state index in [4.69, 9.17) is 0 Å². The van der Waals surface area contributed by atoms with Crippen LogP contribution in [0.4, 0.5) is 0 Å². The maximum atomic E-state index is 4.41. The Morgan fingerprint density at radius 1 is 1.44 bits per heavy atom. The van der Waals surface area contributed by atoms with E-state index in [2.05, 4.69) is 43.2 Å². The van der Waals surface area contributed by atoms with Crippen LogP contribution in [0.5, 0.6) is 0 Å². The minimum atomic E-state index is 0.351. The Bertz CT molecular complexity index is 332. The van der Waals surface area contributed by atoms with Crippen LogP contribution in [0.25, 0.3) is 0 Å². The molecule has 0 spiro atoms. The predicted octanol–water partition coefficient (Wildman–Crippen LogP) is 3.31. The Hall–Kier alpha value is -0.890. The Labute approximate surface area is 98.5 Å². The topological polar surface area (TPSA) is 24.9 Å². The number of hydrogen-bond donors (Lipinski definition) is 1. The van der Waals surface area contributed by atoms with Crippen molar-refractivity contribution >= 4 is 0 Å². The normalized spacial score (nSPS) is 25.6. The molecule has 2 rings (SSSR count). The lowest BCUT2D eigenvalue weighted by molar-refractivity contribution is 0.265. The molecule has 1 heterocycles. The maximum absolute atomic E-state index is 4.41. The number of hydrogen-bond acceptors (Lipinski definition) is 2. The van der Waals surface area contributed by atoms with Crippen LogP contribution in [-0.4, -0.2) is 11.0 Å². The van der Waals surface area contributed by atoms with E-state index in [1.807, 2.05) is 12.3 Å². The lowest BCUT2D eigenvalue weighted by atomic mass is 9.87. The van der Waals surface area contributed by atoms with Gasteiger partial charge in [-0.05, 0) is 37.3 Å². The first kappa shape index (κ1) is 11.6. The van der Waals surface area contributed by atoms with E-state index >= 15 is 0 Å². The molecule has 88 valence electrons. The molecule has 1 aromatic heterocycles. The Kier molecular flexibility index (Phi) is 3.29. The number of nitrogens with one attached hydrogen (secondary N) is 1. The van der Waals surface area contributed by atoms with E-state index in [1.54, 1.807) is 0 Å². The minimum absolute atomic E-state index is 0.351. The van der Waals surface area contributed by atoms with Crippen LogP contribution in [-0.2, 0) is 0 Å². The largest absolute Gasteiger partial charge is 0.306 e. The standard InChI is InChI=1S/C14H22N2/c1-11(12-7-4-5-10-15-12)16-13-8-6-9-14(13,2)3/h4-5,7,10-11,13,16H,6,8-9H2,1-3H3/t11-,13?/m1/s1. The fourth-order valence-corrected chi connectivity index (χ4v) is 2.65. The number of rotatable bonds is 3.